The SMILES string of the molecule is [Cl-].[H+].c1ccc2cc(CCn3ccnc3)ccc2c1. The van der Waals surface area contributed by atoms with Crippen LogP contribution in [-0.4, -0.2) is 9.55 Å². The van der Waals surface area contributed by atoms with Crippen LogP contribution in [0, 0.1) is 0 Å². The van der Waals surface area contributed by atoms with Crippen LogP contribution < -0.4 is 12.4 Å². The summed E-state index contributed by atoms with van der Waals surface area (Å²) in [5.74, 6) is 0. The molecule has 2 nitrogen and oxygen atoms in total. The molecule has 3 aromatic rings. The molecule has 0 fully saturated rings. The molecule has 0 aliphatic carbocycles. The second kappa shape index (κ2) is 5.69. The first-order valence-electron chi connectivity index (χ1n) is 5.85. The van der Waals surface area contributed by atoms with Crippen molar-refractivity contribution < 1.29 is 13.8 Å². The predicted molar refractivity (Wildman–Crippen MR) is 71.0 cm³/mol. The fourth-order valence-electron chi connectivity index (χ4n) is 2.07. The maximum atomic E-state index is 4.05. The lowest BCUT2D eigenvalue weighted by Gasteiger charge is -2.04. The highest BCUT2D eigenvalue weighted by Gasteiger charge is 1.97. The van der Waals surface area contributed by atoms with Crippen LogP contribution in [0.25, 0.3) is 10.8 Å². The molecule has 0 unspecified atom stereocenters. The average molecular weight is 259 g/mol. The van der Waals surface area contributed by atoms with Crippen molar-refractivity contribution in [3.05, 3.63) is 66.7 Å². The van der Waals surface area contributed by atoms with Gasteiger partial charge in [-0.25, -0.2) is 4.98 Å². The Morgan fingerprint density at radius 3 is 2.67 bits per heavy atom. The van der Waals surface area contributed by atoms with Crippen LogP contribution in [0.5, 0.6) is 0 Å². The Bertz CT molecular complexity index is 623. The van der Waals surface area contributed by atoms with Crippen LogP contribution in [-0.2, 0) is 13.0 Å². The van der Waals surface area contributed by atoms with Gasteiger partial charge in [-0.2, -0.15) is 0 Å². The predicted octanol–water partition coefficient (Wildman–Crippen LogP) is 0.395. The molecule has 1 heterocycles. The Hall–Kier alpha value is -1.80. The third kappa shape index (κ3) is 2.71. The van der Waals surface area contributed by atoms with E-state index < -0.39 is 0 Å². The second-order valence-corrected chi connectivity index (χ2v) is 4.23. The first kappa shape index (κ1) is 12.7. The lowest BCUT2D eigenvalue weighted by Crippen LogP contribution is -3.00. The van der Waals surface area contributed by atoms with Gasteiger partial charge in [0.05, 0.1) is 6.33 Å². The lowest BCUT2D eigenvalue weighted by atomic mass is 10.1. The quantitative estimate of drug-likeness (QED) is 0.665. The first-order valence-corrected chi connectivity index (χ1v) is 5.85. The van der Waals surface area contributed by atoms with E-state index in [4.69, 9.17) is 0 Å². The van der Waals surface area contributed by atoms with Crippen molar-refractivity contribution in [1.82, 2.24) is 9.55 Å². The summed E-state index contributed by atoms with van der Waals surface area (Å²) in [7, 11) is 0. The number of aryl methyl sites for hydroxylation is 2. The fourth-order valence-corrected chi connectivity index (χ4v) is 2.07. The standard InChI is InChI=1S/C15H14N2.ClH/c1-2-4-15-11-13(5-6-14(15)3-1)7-9-17-10-8-16-12-17;/h1-6,8,10-12H,7,9H2;1H. The van der Waals surface area contributed by atoms with Gasteiger partial charge in [0.2, 0.25) is 0 Å². The number of benzene rings is 2. The zero-order valence-corrected chi connectivity index (χ0v) is 10.7. The van der Waals surface area contributed by atoms with Crippen molar-refractivity contribution >= 4 is 10.8 Å². The maximum Gasteiger partial charge on any atom is 1.00 e. The van der Waals surface area contributed by atoms with Gasteiger partial charge in [0, 0.05) is 18.9 Å². The number of hydrogen-bond donors (Lipinski definition) is 0. The summed E-state index contributed by atoms with van der Waals surface area (Å²) in [5.41, 5.74) is 1.37. The molecule has 0 aliphatic heterocycles. The molecule has 1 aromatic heterocycles. The summed E-state index contributed by atoms with van der Waals surface area (Å²) < 4.78 is 2.11. The normalized spacial score (nSPS) is 10.2. The molecule has 92 valence electrons. The van der Waals surface area contributed by atoms with Crippen LogP contribution >= 0.6 is 0 Å². The van der Waals surface area contributed by atoms with E-state index in [0.29, 0.717) is 0 Å². The van der Waals surface area contributed by atoms with E-state index in [0.717, 1.165) is 13.0 Å². The summed E-state index contributed by atoms with van der Waals surface area (Å²) in [4.78, 5) is 4.05. The van der Waals surface area contributed by atoms with Gasteiger partial charge in [0.15, 0.2) is 0 Å². The van der Waals surface area contributed by atoms with Crippen molar-refractivity contribution in [2.45, 2.75) is 13.0 Å². The molecule has 0 radical (unpaired) electrons. The number of rotatable bonds is 3. The number of nitrogens with zero attached hydrogens (tertiary/aromatic N) is 2. The van der Waals surface area contributed by atoms with Crippen molar-refractivity contribution in [2.24, 2.45) is 0 Å². The van der Waals surface area contributed by atoms with E-state index in [9.17, 15) is 0 Å². The van der Waals surface area contributed by atoms with E-state index in [1.807, 2.05) is 18.7 Å². The summed E-state index contributed by atoms with van der Waals surface area (Å²) in [6.07, 6.45) is 6.73. The zero-order chi connectivity index (χ0) is 11.5. The van der Waals surface area contributed by atoms with Crippen molar-refractivity contribution in [2.75, 3.05) is 0 Å². The van der Waals surface area contributed by atoms with Gasteiger partial charge in [0.1, 0.15) is 0 Å². The molecule has 0 aliphatic rings. The minimum absolute atomic E-state index is 0. The molecule has 0 spiro atoms. The van der Waals surface area contributed by atoms with Gasteiger partial charge in [-0.1, -0.05) is 42.5 Å². The Kier molecular flexibility index (Phi) is 4.00. The van der Waals surface area contributed by atoms with Crippen LogP contribution in [0.4, 0.5) is 0 Å². The molecule has 0 bridgehead atoms. The largest absolute Gasteiger partial charge is 1.00 e. The Labute approximate surface area is 114 Å². The van der Waals surface area contributed by atoms with Gasteiger partial charge in [-0.05, 0) is 22.8 Å². The number of imidazole rings is 1. The van der Waals surface area contributed by atoms with Crippen molar-refractivity contribution in [1.29, 1.82) is 0 Å². The van der Waals surface area contributed by atoms with Gasteiger partial charge < -0.3 is 17.0 Å². The summed E-state index contributed by atoms with van der Waals surface area (Å²) in [5, 5.41) is 2.62. The third-order valence-corrected chi connectivity index (χ3v) is 3.03. The van der Waals surface area contributed by atoms with Crippen LogP contribution in [0.1, 0.15) is 6.99 Å². The highest BCUT2D eigenvalue weighted by Crippen LogP contribution is 2.16. The molecule has 0 saturated heterocycles. The molecule has 3 heteroatoms. The highest BCUT2D eigenvalue weighted by atomic mass is 35.5. The van der Waals surface area contributed by atoms with Crippen LogP contribution in [0.3, 0.4) is 0 Å². The van der Waals surface area contributed by atoms with E-state index in [2.05, 4.69) is 52.0 Å². The van der Waals surface area contributed by atoms with Gasteiger partial charge in [-0.3, -0.25) is 0 Å². The number of halogens is 1. The average Bonchev–Trinajstić information content (AvgIpc) is 2.89. The van der Waals surface area contributed by atoms with Crippen molar-refractivity contribution in [3.8, 4) is 0 Å². The van der Waals surface area contributed by atoms with Gasteiger partial charge in [-0.15, -0.1) is 0 Å². The molecule has 18 heavy (non-hydrogen) atoms. The highest BCUT2D eigenvalue weighted by molar-refractivity contribution is 5.82. The lowest BCUT2D eigenvalue weighted by molar-refractivity contribution is -0.00000342. The van der Waals surface area contributed by atoms with E-state index in [1.165, 1.54) is 16.3 Å². The first-order chi connectivity index (χ1) is 8.42. The molecule has 3 rings (SSSR count). The Morgan fingerprint density at radius 2 is 1.89 bits per heavy atom. The Morgan fingerprint density at radius 1 is 1.06 bits per heavy atom. The maximum absolute atomic E-state index is 4.05. The fraction of sp³-hybridized carbons (Fsp3) is 0.133. The molecule has 0 amide bonds. The summed E-state index contributed by atoms with van der Waals surface area (Å²) in [6.45, 7) is 0.984. The summed E-state index contributed by atoms with van der Waals surface area (Å²) in [6, 6.07) is 15.1. The molecule has 2 aromatic carbocycles. The van der Waals surface area contributed by atoms with Crippen molar-refractivity contribution in [3.63, 3.8) is 0 Å². The van der Waals surface area contributed by atoms with E-state index in [-0.39, 0.29) is 13.8 Å². The van der Waals surface area contributed by atoms with E-state index >= 15 is 0 Å². The minimum atomic E-state index is 0. The van der Waals surface area contributed by atoms with Crippen LogP contribution in [0.2, 0.25) is 0 Å². The summed E-state index contributed by atoms with van der Waals surface area (Å²) >= 11 is 0. The van der Waals surface area contributed by atoms with Gasteiger partial charge >= 0.3 is 1.43 Å². The number of aromatic nitrogens is 2. The van der Waals surface area contributed by atoms with Gasteiger partial charge in [0.25, 0.3) is 0 Å². The van der Waals surface area contributed by atoms with Crippen LogP contribution in [0.15, 0.2) is 61.2 Å². The molecule has 0 saturated carbocycles. The molecule has 0 N–H and O–H groups in total. The monoisotopic (exact) mass is 258 g/mol. The molecular formula is C15H15ClN2. The third-order valence-electron chi connectivity index (χ3n) is 3.03. The Balaban J connectivity index is 0.000000902. The zero-order valence-electron chi connectivity index (χ0n) is 11.0. The molecular weight excluding hydrogens is 244 g/mol. The number of hydrogen-bond acceptors (Lipinski definition) is 1. The van der Waals surface area contributed by atoms with E-state index in [1.54, 1.807) is 0 Å². The second-order valence-electron chi connectivity index (χ2n) is 4.23. The number of fused-ring (bicyclic) bond motifs is 1. The molecule has 0 atom stereocenters. The minimum Gasteiger partial charge on any atom is -1.00 e. The smallest absolute Gasteiger partial charge is 1.00 e. The topological polar surface area (TPSA) is 17.8 Å².